The van der Waals surface area contributed by atoms with Crippen LogP contribution in [0.3, 0.4) is 0 Å². The summed E-state index contributed by atoms with van der Waals surface area (Å²) in [6.07, 6.45) is 0. The quantitative estimate of drug-likeness (QED) is 0.170. The predicted octanol–water partition coefficient (Wildman–Crippen LogP) is 2.96. The molecule has 3 rings (SSSR count). The van der Waals surface area contributed by atoms with Crippen LogP contribution >= 0.6 is 24.0 Å². The van der Waals surface area contributed by atoms with Crippen molar-refractivity contribution in [1.82, 2.24) is 15.5 Å². The van der Waals surface area contributed by atoms with Crippen molar-refractivity contribution in [1.29, 1.82) is 0 Å². The number of halogens is 1. The summed E-state index contributed by atoms with van der Waals surface area (Å²) in [5, 5.41) is 17.6. The molecular formula is C22H30IN5O4. The summed E-state index contributed by atoms with van der Waals surface area (Å²) in [4.78, 5) is 17.3. The Labute approximate surface area is 205 Å². The van der Waals surface area contributed by atoms with Crippen LogP contribution in [-0.4, -0.2) is 62.8 Å². The highest BCUT2D eigenvalue weighted by Gasteiger charge is 2.23. The van der Waals surface area contributed by atoms with E-state index in [0.717, 1.165) is 24.4 Å². The molecule has 1 unspecified atom stereocenters. The molecule has 1 saturated heterocycles. The van der Waals surface area contributed by atoms with Crippen molar-refractivity contribution in [3.05, 3.63) is 69.8 Å². The Morgan fingerprint density at radius 1 is 1.22 bits per heavy atom. The molecule has 10 heteroatoms. The molecule has 0 saturated carbocycles. The van der Waals surface area contributed by atoms with E-state index >= 15 is 0 Å². The van der Waals surface area contributed by atoms with Crippen molar-refractivity contribution < 1.29 is 14.4 Å². The Morgan fingerprint density at radius 2 is 1.94 bits per heavy atom. The second-order valence-corrected chi connectivity index (χ2v) is 7.17. The summed E-state index contributed by atoms with van der Waals surface area (Å²) in [5.74, 6) is 1.46. The maximum Gasteiger partial charge on any atom is 0.269 e. The van der Waals surface area contributed by atoms with Crippen LogP contribution in [0.2, 0.25) is 0 Å². The Hall–Kier alpha value is -2.44. The molecule has 1 aliphatic rings. The molecule has 1 aliphatic heterocycles. The highest BCUT2D eigenvalue weighted by Crippen LogP contribution is 2.23. The van der Waals surface area contributed by atoms with Crippen LogP contribution in [0.5, 0.6) is 5.75 Å². The zero-order chi connectivity index (χ0) is 22.1. The summed E-state index contributed by atoms with van der Waals surface area (Å²) in [7, 11) is 3.37. The average Bonchev–Trinajstić information content (AvgIpc) is 2.82. The molecule has 0 aliphatic carbocycles. The lowest BCUT2D eigenvalue weighted by atomic mass is 10.0. The number of morpholine rings is 1. The van der Waals surface area contributed by atoms with Gasteiger partial charge in [0.1, 0.15) is 5.75 Å². The maximum absolute atomic E-state index is 11.0. The predicted molar refractivity (Wildman–Crippen MR) is 135 cm³/mol. The molecule has 0 radical (unpaired) electrons. The van der Waals surface area contributed by atoms with Gasteiger partial charge in [0, 0.05) is 45.4 Å². The first kappa shape index (κ1) is 25.8. The number of rotatable bonds is 8. The Bertz CT molecular complexity index is 888. The van der Waals surface area contributed by atoms with Crippen LogP contribution in [0.15, 0.2) is 53.5 Å². The molecule has 0 bridgehead atoms. The highest BCUT2D eigenvalue weighted by atomic mass is 127. The van der Waals surface area contributed by atoms with Crippen LogP contribution < -0.4 is 15.4 Å². The fourth-order valence-electron chi connectivity index (χ4n) is 3.55. The summed E-state index contributed by atoms with van der Waals surface area (Å²) < 4.78 is 10.8. The topological polar surface area (TPSA) is 101 Å². The van der Waals surface area contributed by atoms with E-state index < -0.39 is 4.92 Å². The van der Waals surface area contributed by atoms with E-state index in [4.69, 9.17) is 9.47 Å². The van der Waals surface area contributed by atoms with Crippen molar-refractivity contribution in [3.63, 3.8) is 0 Å². The lowest BCUT2D eigenvalue weighted by molar-refractivity contribution is -0.384. The number of ether oxygens (including phenoxy) is 2. The van der Waals surface area contributed by atoms with Gasteiger partial charge in [-0.05, 0) is 23.3 Å². The van der Waals surface area contributed by atoms with E-state index in [1.807, 2.05) is 18.2 Å². The van der Waals surface area contributed by atoms with Gasteiger partial charge < -0.3 is 20.1 Å². The van der Waals surface area contributed by atoms with Gasteiger partial charge in [-0.3, -0.25) is 20.0 Å². The van der Waals surface area contributed by atoms with E-state index in [2.05, 4.69) is 32.7 Å². The Morgan fingerprint density at radius 3 is 2.56 bits per heavy atom. The molecule has 1 atom stereocenters. The largest absolute Gasteiger partial charge is 0.497 e. The van der Waals surface area contributed by atoms with Crippen molar-refractivity contribution >= 4 is 35.6 Å². The Balaban J connectivity index is 0.00000363. The number of benzene rings is 2. The molecular weight excluding hydrogens is 525 g/mol. The zero-order valence-corrected chi connectivity index (χ0v) is 20.7. The lowest BCUT2D eigenvalue weighted by Gasteiger charge is -2.35. The first-order chi connectivity index (χ1) is 15.1. The molecule has 32 heavy (non-hydrogen) atoms. The van der Waals surface area contributed by atoms with E-state index in [1.165, 1.54) is 11.6 Å². The van der Waals surface area contributed by atoms with Crippen molar-refractivity contribution in [2.24, 2.45) is 4.99 Å². The minimum absolute atomic E-state index is 0. The first-order valence-corrected chi connectivity index (χ1v) is 10.2. The number of nitrogens with one attached hydrogen (secondary N) is 2. The molecule has 2 N–H and O–H groups in total. The first-order valence-electron chi connectivity index (χ1n) is 10.2. The van der Waals surface area contributed by atoms with Crippen LogP contribution in [-0.2, 0) is 11.3 Å². The van der Waals surface area contributed by atoms with Crippen LogP contribution in [0.25, 0.3) is 0 Å². The second kappa shape index (κ2) is 13.2. The van der Waals surface area contributed by atoms with Crippen LogP contribution in [0, 0.1) is 10.1 Å². The number of guanidine groups is 1. The molecule has 2 aromatic rings. The van der Waals surface area contributed by atoms with Crippen molar-refractivity contribution in [3.8, 4) is 5.75 Å². The minimum atomic E-state index is -0.391. The monoisotopic (exact) mass is 555 g/mol. The van der Waals surface area contributed by atoms with Gasteiger partial charge >= 0.3 is 0 Å². The fourth-order valence-corrected chi connectivity index (χ4v) is 3.55. The molecule has 0 aromatic heterocycles. The van der Waals surface area contributed by atoms with E-state index in [0.29, 0.717) is 32.3 Å². The van der Waals surface area contributed by atoms with Gasteiger partial charge in [0.25, 0.3) is 5.69 Å². The number of non-ortho nitro benzene ring substituents is 1. The van der Waals surface area contributed by atoms with Gasteiger partial charge in [0.15, 0.2) is 5.96 Å². The normalized spacial score (nSPS) is 15.4. The van der Waals surface area contributed by atoms with E-state index in [1.54, 1.807) is 26.3 Å². The number of hydrogen-bond acceptors (Lipinski definition) is 6. The molecule has 0 amide bonds. The van der Waals surface area contributed by atoms with Gasteiger partial charge in [0.2, 0.25) is 0 Å². The standard InChI is InChI=1S/C22H29N5O4.HI/c1-23-22(24-15-17-4-3-5-19(14-17)27(28)29)25-16-21(26-10-12-31-13-11-26)18-6-8-20(30-2)9-7-18;/h3-9,14,21H,10-13,15-16H2,1-2H3,(H2,23,24,25);1H. The number of aliphatic imine (C=N–C) groups is 1. The smallest absolute Gasteiger partial charge is 0.269 e. The molecule has 0 spiro atoms. The minimum Gasteiger partial charge on any atom is -0.497 e. The van der Waals surface area contributed by atoms with Crippen LogP contribution in [0.1, 0.15) is 17.2 Å². The third-order valence-electron chi connectivity index (χ3n) is 5.25. The summed E-state index contributed by atoms with van der Waals surface area (Å²) >= 11 is 0. The van der Waals surface area contributed by atoms with E-state index in [9.17, 15) is 10.1 Å². The van der Waals surface area contributed by atoms with Gasteiger partial charge in [0.05, 0.1) is 31.3 Å². The Kier molecular flexibility index (Phi) is 10.6. The molecule has 9 nitrogen and oxygen atoms in total. The van der Waals surface area contributed by atoms with Gasteiger partial charge in [-0.1, -0.05) is 24.3 Å². The lowest BCUT2D eigenvalue weighted by Crippen LogP contribution is -2.46. The number of nitrogens with zero attached hydrogens (tertiary/aromatic N) is 3. The summed E-state index contributed by atoms with van der Waals surface area (Å²) in [6.45, 7) is 4.24. The summed E-state index contributed by atoms with van der Waals surface area (Å²) in [6, 6.07) is 14.8. The molecule has 1 fully saturated rings. The highest BCUT2D eigenvalue weighted by molar-refractivity contribution is 14.0. The van der Waals surface area contributed by atoms with Crippen LogP contribution in [0.4, 0.5) is 5.69 Å². The fraction of sp³-hybridized carbons (Fsp3) is 0.409. The molecule has 2 aromatic carbocycles. The summed E-state index contributed by atoms with van der Waals surface area (Å²) in [5.41, 5.74) is 2.08. The molecule has 1 heterocycles. The van der Waals surface area contributed by atoms with Gasteiger partial charge in [-0.15, -0.1) is 24.0 Å². The maximum atomic E-state index is 11.0. The van der Waals surface area contributed by atoms with Gasteiger partial charge in [-0.2, -0.15) is 0 Å². The third-order valence-corrected chi connectivity index (χ3v) is 5.25. The van der Waals surface area contributed by atoms with Crippen molar-refractivity contribution in [2.45, 2.75) is 12.6 Å². The number of nitro benzene ring substituents is 1. The second-order valence-electron chi connectivity index (χ2n) is 7.17. The average molecular weight is 555 g/mol. The number of hydrogen-bond donors (Lipinski definition) is 2. The SMILES string of the molecule is CN=C(NCc1cccc([N+](=O)[O-])c1)NCC(c1ccc(OC)cc1)N1CCOCC1.I. The third kappa shape index (κ3) is 7.31. The van der Waals surface area contributed by atoms with Crippen molar-refractivity contribution in [2.75, 3.05) is 47.0 Å². The molecule has 174 valence electrons. The number of nitro groups is 1. The van der Waals surface area contributed by atoms with Gasteiger partial charge in [-0.25, -0.2) is 0 Å². The zero-order valence-electron chi connectivity index (χ0n) is 18.3. The number of methoxy groups -OCH3 is 1. The van der Waals surface area contributed by atoms with E-state index in [-0.39, 0.29) is 35.7 Å².